The van der Waals surface area contributed by atoms with Gasteiger partial charge >= 0.3 is 0 Å². The number of pyridine rings is 1. The molecule has 3 nitrogen and oxygen atoms in total. The number of rotatable bonds is 2. The summed E-state index contributed by atoms with van der Waals surface area (Å²) in [6, 6.07) is 6.04. The van der Waals surface area contributed by atoms with Crippen molar-refractivity contribution in [3.8, 4) is 0 Å². The molecule has 1 atom stereocenters. The molecular weight excluding hydrogens is 224 g/mol. The van der Waals surface area contributed by atoms with Gasteiger partial charge in [0.1, 0.15) is 0 Å². The molecule has 2 heterocycles. The highest BCUT2D eigenvalue weighted by molar-refractivity contribution is 5.46. The molecular formula is C15H20N2O. The van der Waals surface area contributed by atoms with Gasteiger partial charge in [0.15, 0.2) is 0 Å². The third-order valence-electron chi connectivity index (χ3n) is 4.42. The van der Waals surface area contributed by atoms with E-state index in [1.807, 2.05) is 28.8 Å². The first-order valence-corrected chi connectivity index (χ1v) is 6.80. The van der Waals surface area contributed by atoms with Gasteiger partial charge in [-0.25, -0.2) is 4.98 Å². The van der Waals surface area contributed by atoms with Crippen molar-refractivity contribution >= 4 is 5.52 Å². The van der Waals surface area contributed by atoms with Crippen LogP contribution in [0, 0.1) is 5.41 Å². The van der Waals surface area contributed by atoms with Crippen molar-refractivity contribution in [2.45, 2.75) is 45.1 Å². The minimum absolute atomic E-state index is 0.0107. The van der Waals surface area contributed by atoms with Crippen LogP contribution in [0.2, 0.25) is 0 Å². The smallest absolute Gasteiger partial charge is 0.0997 e. The second kappa shape index (κ2) is 4.39. The average Bonchev–Trinajstić information content (AvgIpc) is 2.87. The molecule has 96 valence electrons. The first kappa shape index (κ1) is 11.7. The minimum Gasteiger partial charge on any atom is -0.386 e. The highest BCUT2D eigenvalue weighted by Crippen LogP contribution is 2.45. The van der Waals surface area contributed by atoms with Gasteiger partial charge in [-0.05, 0) is 30.4 Å². The zero-order chi connectivity index (χ0) is 12.6. The van der Waals surface area contributed by atoms with Gasteiger partial charge in [0.25, 0.3) is 0 Å². The topological polar surface area (TPSA) is 37.5 Å². The standard InChI is InChI=1S/C15H20N2O/c1-15(8-3-2-4-9-15)14(18)13-7-5-6-12-10-16-11-17(12)13/h5-7,10-11,14,18H,2-4,8-9H2,1H3. The van der Waals surface area contributed by atoms with Gasteiger partial charge in [0.05, 0.1) is 29.8 Å². The van der Waals surface area contributed by atoms with Crippen molar-refractivity contribution in [2.24, 2.45) is 5.41 Å². The van der Waals surface area contributed by atoms with Crippen LogP contribution in [-0.2, 0) is 0 Å². The maximum atomic E-state index is 10.8. The van der Waals surface area contributed by atoms with Gasteiger partial charge < -0.3 is 9.51 Å². The summed E-state index contributed by atoms with van der Waals surface area (Å²) in [6.45, 7) is 2.21. The lowest BCUT2D eigenvalue weighted by Crippen LogP contribution is -2.29. The zero-order valence-electron chi connectivity index (χ0n) is 10.8. The predicted molar refractivity (Wildman–Crippen MR) is 71.3 cm³/mol. The second-order valence-electron chi connectivity index (χ2n) is 5.76. The van der Waals surface area contributed by atoms with Crippen LogP contribution in [0.15, 0.2) is 30.7 Å². The molecule has 0 bridgehead atoms. The fourth-order valence-corrected chi connectivity index (χ4v) is 3.18. The van der Waals surface area contributed by atoms with E-state index in [-0.39, 0.29) is 5.41 Å². The van der Waals surface area contributed by atoms with Crippen LogP contribution >= 0.6 is 0 Å². The Labute approximate surface area is 107 Å². The summed E-state index contributed by atoms with van der Waals surface area (Å²) in [5, 5.41) is 10.8. The molecule has 0 amide bonds. The molecule has 1 unspecified atom stereocenters. The Bertz CT molecular complexity index is 540. The molecule has 1 aliphatic carbocycles. The number of aromatic nitrogens is 2. The Morgan fingerprint density at radius 3 is 2.83 bits per heavy atom. The number of aliphatic hydroxyl groups excluding tert-OH is 1. The van der Waals surface area contributed by atoms with Crippen LogP contribution < -0.4 is 0 Å². The molecule has 1 fully saturated rings. The normalized spacial score (nSPS) is 21.0. The molecule has 1 saturated carbocycles. The molecule has 3 heteroatoms. The lowest BCUT2D eigenvalue weighted by atomic mass is 9.71. The Morgan fingerprint density at radius 1 is 1.28 bits per heavy atom. The van der Waals surface area contributed by atoms with Crippen molar-refractivity contribution < 1.29 is 5.11 Å². The van der Waals surface area contributed by atoms with Crippen LogP contribution in [-0.4, -0.2) is 14.5 Å². The molecule has 0 aromatic carbocycles. The fraction of sp³-hybridized carbons (Fsp3) is 0.533. The number of imidazole rings is 1. The summed E-state index contributed by atoms with van der Waals surface area (Å²) in [5.41, 5.74) is 2.02. The number of hydrogen-bond donors (Lipinski definition) is 1. The molecule has 0 aliphatic heterocycles. The van der Waals surface area contributed by atoms with E-state index in [2.05, 4.69) is 11.9 Å². The quantitative estimate of drug-likeness (QED) is 0.879. The molecule has 2 aromatic rings. The Morgan fingerprint density at radius 2 is 2.06 bits per heavy atom. The van der Waals surface area contributed by atoms with Crippen LogP contribution in [0.5, 0.6) is 0 Å². The van der Waals surface area contributed by atoms with Crippen molar-refractivity contribution in [1.29, 1.82) is 0 Å². The molecule has 18 heavy (non-hydrogen) atoms. The van der Waals surface area contributed by atoms with Gasteiger partial charge in [-0.15, -0.1) is 0 Å². The van der Waals surface area contributed by atoms with Crippen LogP contribution in [0.1, 0.15) is 50.8 Å². The first-order valence-electron chi connectivity index (χ1n) is 6.80. The van der Waals surface area contributed by atoms with Crippen molar-refractivity contribution in [1.82, 2.24) is 9.38 Å². The zero-order valence-corrected chi connectivity index (χ0v) is 10.8. The van der Waals surface area contributed by atoms with Crippen molar-refractivity contribution in [3.05, 3.63) is 36.4 Å². The third-order valence-corrected chi connectivity index (χ3v) is 4.42. The Hall–Kier alpha value is -1.35. The summed E-state index contributed by atoms with van der Waals surface area (Å²) >= 11 is 0. The van der Waals surface area contributed by atoms with E-state index in [1.165, 1.54) is 19.3 Å². The maximum Gasteiger partial charge on any atom is 0.0997 e. The summed E-state index contributed by atoms with van der Waals surface area (Å²) in [5.74, 6) is 0. The van der Waals surface area contributed by atoms with E-state index in [0.29, 0.717) is 0 Å². The summed E-state index contributed by atoms with van der Waals surface area (Å²) in [7, 11) is 0. The van der Waals surface area contributed by atoms with Gasteiger partial charge in [-0.2, -0.15) is 0 Å². The maximum absolute atomic E-state index is 10.8. The summed E-state index contributed by atoms with van der Waals surface area (Å²) in [4.78, 5) is 4.16. The summed E-state index contributed by atoms with van der Waals surface area (Å²) < 4.78 is 2.00. The lowest BCUT2D eigenvalue weighted by Gasteiger charge is -2.38. The minimum atomic E-state index is -0.407. The molecule has 1 aliphatic rings. The number of hydrogen-bond acceptors (Lipinski definition) is 2. The molecule has 3 rings (SSSR count). The average molecular weight is 244 g/mol. The number of aliphatic hydroxyl groups is 1. The first-order chi connectivity index (χ1) is 8.71. The largest absolute Gasteiger partial charge is 0.386 e. The third kappa shape index (κ3) is 1.83. The van der Waals surface area contributed by atoms with Gasteiger partial charge in [0, 0.05) is 0 Å². The lowest BCUT2D eigenvalue weighted by molar-refractivity contribution is 0.00450. The monoisotopic (exact) mass is 244 g/mol. The highest BCUT2D eigenvalue weighted by atomic mass is 16.3. The van der Waals surface area contributed by atoms with Crippen molar-refractivity contribution in [2.75, 3.05) is 0 Å². The van der Waals surface area contributed by atoms with Crippen LogP contribution in [0.25, 0.3) is 5.52 Å². The SMILES string of the molecule is CC1(C(O)c2cccc3cncn23)CCCCC1. The molecule has 0 saturated heterocycles. The molecule has 1 N–H and O–H groups in total. The Balaban J connectivity index is 2.00. The van der Waals surface area contributed by atoms with E-state index in [1.54, 1.807) is 6.33 Å². The predicted octanol–water partition coefficient (Wildman–Crippen LogP) is 3.34. The number of fused-ring (bicyclic) bond motifs is 1. The molecule has 0 spiro atoms. The highest BCUT2D eigenvalue weighted by Gasteiger charge is 2.36. The van der Waals surface area contributed by atoms with E-state index in [0.717, 1.165) is 24.1 Å². The van der Waals surface area contributed by atoms with E-state index in [9.17, 15) is 5.11 Å². The number of nitrogens with zero attached hydrogens (tertiary/aromatic N) is 2. The van der Waals surface area contributed by atoms with Gasteiger partial charge in [-0.1, -0.05) is 32.3 Å². The molecule has 0 radical (unpaired) electrons. The van der Waals surface area contributed by atoms with E-state index in [4.69, 9.17) is 0 Å². The Kier molecular flexibility index (Phi) is 2.86. The molecule has 2 aromatic heterocycles. The fourth-order valence-electron chi connectivity index (χ4n) is 3.18. The van der Waals surface area contributed by atoms with Crippen LogP contribution in [0.4, 0.5) is 0 Å². The second-order valence-corrected chi connectivity index (χ2v) is 5.76. The van der Waals surface area contributed by atoms with Crippen molar-refractivity contribution in [3.63, 3.8) is 0 Å². The van der Waals surface area contributed by atoms with E-state index < -0.39 is 6.10 Å². The van der Waals surface area contributed by atoms with E-state index >= 15 is 0 Å². The summed E-state index contributed by atoms with van der Waals surface area (Å²) in [6.07, 6.45) is 9.20. The van der Waals surface area contributed by atoms with Gasteiger partial charge in [-0.3, -0.25) is 0 Å². The van der Waals surface area contributed by atoms with Gasteiger partial charge in [0.2, 0.25) is 0 Å². The van der Waals surface area contributed by atoms with Crippen LogP contribution in [0.3, 0.4) is 0 Å².